The van der Waals surface area contributed by atoms with Crippen molar-refractivity contribution in [2.24, 2.45) is 7.05 Å². The summed E-state index contributed by atoms with van der Waals surface area (Å²) in [5, 5.41) is 8.38. The Balaban J connectivity index is 2.45. The molecule has 0 spiro atoms. The van der Waals surface area contributed by atoms with Crippen molar-refractivity contribution in [3.05, 3.63) is 34.4 Å². The lowest BCUT2D eigenvalue weighted by molar-refractivity contribution is 0.0939. The number of nitrogens with zero attached hydrogens (tertiary/aromatic N) is 4. The van der Waals surface area contributed by atoms with Crippen molar-refractivity contribution in [1.82, 2.24) is 19.6 Å². The van der Waals surface area contributed by atoms with Crippen molar-refractivity contribution in [1.29, 1.82) is 0 Å². The van der Waals surface area contributed by atoms with Gasteiger partial charge in [-0.1, -0.05) is 11.6 Å². The first-order valence-corrected chi connectivity index (χ1v) is 5.13. The molecule has 0 bridgehead atoms. The van der Waals surface area contributed by atoms with Gasteiger partial charge in [-0.15, -0.1) is 0 Å². The standard InChI is InChI=1S/C10H11ClN4O/c1-6-4-12-15(5-6)10(16)9-8(11)7(2)14(3)13-9/h4-5H,1-3H3. The predicted octanol–water partition coefficient (Wildman–Crippen LogP) is 1.58. The highest BCUT2D eigenvalue weighted by molar-refractivity contribution is 6.34. The van der Waals surface area contributed by atoms with Crippen LogP contribution in [0.1, 0.15) is 21.7 Å². The van der Waals surface area contributed by atoms with Crippen molar-refractivity contribution >= 4 is 17.5 Å². The van der Waals surface area contributed by atoms with Crippen molar-refractivity contribution in [3.63, 3.8) is 0 Å². The van der Waals surface area contributed by atoms with Gasteiger partial charge in [-0.3, -0.25) is 9.48 Å². The Labute approximate surface area is 97.6 Å². The molecule has 0 aliphatic carbocycles. The summed E-state index contributed by atoms with van der Waals surface area (Å²) in [4.78, 5) is 12.0. The largest absolute Gasteiger partial charge is 0.300 e. The van der Waals surface area contributed by atoms with Crippen molar-refractivity contribution < 1.29 is 4.79 Å². The number of carbonyl (C=O) groups excluding carboxylic acids is 1. The Kier molecular flexibility index (Phi) is 2.55. The summed E-state index contributed by atoms with van der Waals surface area (Å²) in [6.45, 7) is 3.67. The van der Waals surface area contributed by atoms with Crippen LogP contribution in [-0.2, 0) is 7.05 Å². The van der Waals surface area contributed by atoms with Crippen LogP contribution in [0, 0.1) is 13.8 Å². The highest BCUT2D eigenvalue weighted by atomic mass is 35.5. The summed E-state index contributed by atoms with van der Waals surface area (Å²) in [7, 11) is 1.74. The maximum Gasteiger partial charge on any atom is 0.300 e. The number of rotatable bonds is 1. The van der Waals surface area contributed by atoms with Crippen LogP contribution >= 0.6 is 11.6 Å². The minimum absolute atomic E-state index is 0.227. The molecule has 0 atom stereocenters. The van der Waals surface area contributed by atoms with E-state index < -0.39 is 0 Å². The number of aromatic nitrogens is 4. The Hall–Kier alpha value is -1.62. The summed E-state index contributed by atoms with van der Waals surface area (Å²) in [5.41, 5.74) is 1.90. The molecule has 0 radical (unpaired) electrons. The molecule has 2 rings (SSSR count). The van der Waals surface area contributed by atoms with Gasteiger partial charge in [0.05, 0.1) is 16.9 Å². The molecule has 16 heavy (non-hydrogen) atoms. The molecule has 0 aliphatic rings. The third kappa shape index (κ3) is 1.63. The second-order valence-corrected chi connectivity index (χ2v) is 4.02. The van der Waals surface area contributed by atoms with Crippen LogP contribution in [0.4, 0.5) is 0 Å². The van der Waals surface area contributed by atoms with Crippen molar-refractivity contribution in [2.45, 2.75) is 13.8 Å². The molecule has 0 saturated carbocycles. The van der Waals surface area contributed by atoms with Gasteiger partial charge < -0.3 is 0 Å². The number of hydrogen-bond acceptors (Lipinski definition) is 3. The van der Waals surface area contributed by atoms with E-state index in [1.807, 2.05) is 6.92 Å². The number of hydrogen-bond donors (Lipinski definition) is 0. The van der Waals surface area contributed by atoms with Crippen LogP contribution in [0.2, 0.25) is 5.02 Å². The van der Waals surface area contributed by atoms with Crippen molar-refractivity contribution in [3.8, 4) is 0 Å². The first kappa shape index (κ1) is 10.9. The lowest BCUT2D eigenvalue weighted by Crippen LogP contribution is -2.13. The summed E-state index contributed by atoms with van der Waals surface area (Å²) in [5.74, 6) is -0.318. The molecule has 0 aromatic carbocycles. The van der Waals surface area contributed by atoms with Gasteiger partial charge in [0.1, 0.15) is 0 Å². The summed E-state index contributed by atoms with van der Waals surface area (Å²) in [6.07, 6.45) is 3.25. The summed E-state index contributed by atoms with van der Waals surface area (Å²) in [6, 6.07) is 0. The van der Waals surface area contributed by atoms with E-state index in [9.17, 15) is 4.79 Å². The minimum atomic E-state index is -0.318. The molecule has 0 saturated heterocycles. The van der Waals surface area contributed by atoms with E-state index in [2.05, 4.69) is 10.2 Å². The monoisotopic (exact) mass is 238 g/mol. The molecule has 0 aliphatic heterocycles. The van der Waals surface area contributed by atoms with E-state index in [0.29, 0.717) is 5.02 Å². The fraction of sp³-hybridized carbons (Fsp3) is 0.300. The zero-order chi connectivity index (χ0) is 11.9. The zero-order valence-electron chi connectivity index (χ0n) is 9.23. The van der Waals surface area contributed by atoms with Crippen LogP contribution in [0.25, 0.3) is 0 Å². The summed E-state index contributed by atoms with van der Waals surface area (Å²) < 4.78 is 2.81. The maximum atomic E-state index is 12.0. The van der Waals surface area contributed by atoms with Gasteiger partial charge in [0.25, 0.3) is 5.91 Å². The van der Waals surface area contributed by atoms with E-state index >= 15 is 0 Å². The van der Waals surface area contributed by atoms with Gasteiger partial charge in [-0.05, 0) is 19.4 Å². The van der Waals surface area contributed by atoms with E-state index in [1.165, 1.54) is 4.68 Å². The number of carbonyl (C=O) groups is 1. The molecule has 6 heteroatoms. The van der Waals surface area contributed by atoms with Gasteiger partial charge in [0.15, 0.2) is 5.69 Å². The van der Waals surface area contributed by atoms with Gasteiger partial charge in [-0.25, -0.2) is 4.68 Å². The van der Waals surface area contributed by atoms with Gasteiger partial charge in [-0.2, -0.15) is 10.2 Å². The normalized spacial score (nSPS) is 10.8. The second-order valence-electron chi connectivity index (χ2n) is 3.64. The fourth-order valence-electron chi connectivity index (χ4n) is 1.35. The zero-order valence-corrected chi connectivity index (χ0v) is 9.99. The smallest absolute Gasteiger partial charge is 0.271 e. The van der Waals surface area contributed by atoms with E-state index in [4.69, 9.17) is 11.6 Å². The number of aryl methyl sites for hydroxylation is 2. The molecule has 2 aromatic heterocycles. The lowest BCUT2D eigenvalue weighted by Gasteiger charge is -1.96. The Morgan fingerprint density at radius 2 is 2.12 bits per heavy atom. The molecule has 0 N–H and O–H groups in total. The topological polar surface area (TPSA) is 52.7 Å². The van der Waals surface area contributed by atoms with Gasteiger partial charge in [0, 0.05) is 13.2 Å². The quantitative estimate of drug-likeness (QED) is 0.758. The third-order valence-corrected chi connectivity index (χ3v) is 2.84. The van der Waals surface area contributed by atoms with E-state index in [0.717, 1.165) is 11.3 Å². The van der Waals surface area contributed by atoms with Crippen LogP contribution in [0.15, 0.2) is 12.4 Å². The first-order valence-electron chi connectivity index (χ1n) is 4.75. The molecule has 0 fully saturated rings. The van der Waals surface area contributed by atoms with E-state index in [-0.39, 0.29) is 11.6 Å². The molecule has 5 nitrogen and oxygen atoms in total. The van der Waals surface area contributed by atoms with Crippen molar-refractivity contribution in [2.75, 3.05) is 0 Å². The second kappa shape index (κ2) is 3.75. The highest BCUT2D eigenvalue weighted by Crippen LogP contribution is 2.19. The average Bonchev–Trinajstić information content (AvgIpc) is 2.78. The molecular weight excluding hydrogens is 228 g/mol. The fourth-order valence-corrected chi connectivity index (χ4v) is 1.59. The molecule has 0 amide bonds. The number of halogens is 1. The van der Waals surface area contributed by atoms with Crippen LogP contribution in [0.3, 0.4) is 0 Å². The molecule has 2 heterocycles. The van der Waals surface area contributed by atoms with Crippen LogP contribution in [-0.4, -0.2) is 25.5 Å². The Morgan fingerprint density at radius 3 is 2.56 bits per heavy atom. The highest BCUT2D eigenvalue weighted by Gasteiger charge is 2.20. The van der Waals surface area contributed by atoms with Gasteiger partial charge >= 0.3 is 0 Å². The molecule has 2 aromatic rings. The minimum Gasteiger partial charge on any atom is -0.271 e. The molecule has 0 unspecified atom stereocenters. The first-order chi connectivity index (χ1) is 7.50. The van der Waals surface area contributed by atoms with Gasteiger partial charge in [0.2, 0.25) is 0 Å². The average molecular weight is 239 g/mol. The maximum absolute atomic E-state index is 12.0. The third-order valence-electron chi connectivity index (χ3n) is 2.38. The Morgan fingerprint density at radius 1 is 1.44 bits per heavy atom. The van der Waals surface area contributed by atoms with Crippen LogP contribution < -0.4 is 0 Å². The van der Waals surface area contributed by atoms with Crippen LogP contribution in [0.5, 0.6) is 0 Å². The lowest BCUT2D eigenvalue weighted by atomic mass is 10.3. The molecule has 84 valence electrons. The summed E-state index contributed by atoms with van der Waals surface area (Å²) >= 11 is 6.02. The predicted molar refractivity (Wildman–Crippen MR) is 59.6 cm³/mol. The SMILES string of the molecule is Cc1cnn(C(=O)c2nn(C)c(C)c2Cl)c1. The molecular formula is C10H11ClN4O. The van der Waals surface area contributed by atoms with E-state index in [1.54, 1.807) is 31.0 Å². The Bertz CT molecular complexity index is 555.